The second-order valence-corrected chi connectivity index (χ2v) is 7.70. The Morgan fingerprint density at radius 3 is 2.40 bits per heavy atom. The molecule has 5 nitrogen and oxygen atoms in total. The summed E-state index contributed by atoms with van der Waals surface area (Å²) in [6.45, 7) is 6.60. The van der Waals surface area contributed by atoms with Crippen LogP contribution in [0.25, 0.3) is 0 Å². The van der Waals surface area contributed by atoms with Gasteiger partial charge in [0.05, 0.1) is 11.9 Å². The van der Waals surface area contributed by atoms with Gasteiger partial charge >= 0.3 is 0 Å². The second kappa shape index (κ2) is 9.95. The van der Waals surface area contributed by atoms with Crippen LogP contribution in [0, 0.1) is 5.92 Å². The number of halogens is 1. The van der Waals surface area contributed by atoms with E-state index in [0.717, 1.165) is 25.7 Å². The van der Waals surface area contributed by atoms with Gasteiger partial charge in [-0.15, -0.1) is 12.4 Å². The molecular weight excluding hydrogens is 300 g/mol. The van der Waals surface area contributed by atoms with Gasteiger partial charge in [0.25, 0.3) is 0 Å². The Labute approximate surface area is 129 Å². The molecule has 1 saturated heterocycles. The topological polar surface area (TPSA) is 72.6 Å². The van der Waals surface area contributed by atoms with Gasteiger partial charge in [0.1, 0.15) is 0 Å². The molecule has 0 saturated carbocycles. The summed E-state index contributed by atoms with van der Waals surface area (Å²) in [5.74, 6) is 0.690. The third kappa shape index (κ3) is 7.22. The zero-order valence-electron chi connectivity index (χ0n) is 12.6. The number of piperidine rings is 1. The van der Waals surface area contributed by atoms with Gasteiger partial charge in [-0.1, -0.05) is 13.8 Å². The van der Waals surface area contributed by atoms with E-state index in [0.29, 0.717) is 32.2 Å². The fraction of sp³-hybridized carbons (Fsp3) is 1.00. The molecule has 122 valence electrons. The molecule has 0 amide bonds. The molecule has 0 bridgehead atoms. The van der Waals surface area contributed by atoms with Crippen LogP contribution >= 0.6 is 12.4 Å². The van der Waals surface area contributed by atoms with Gasteiger partial charge in [-0.2, -0.15) is 0 Å². The average Bonchev–Trinajstić information content (AvgIpc) is 2.37. The SMILES string of the molecule is CC(C)CCS(=O)(=O)N1CCC(OCCCN)CC1.Cl. The number of rotatable bonds is 8. The van der Waals surface area contributed by atoms with Crippen LogP contribution in [0.3, 0.4) is 0 Å². The van der Waals surface area contributed by atoms with Crippen molar-refractivity contribution >= 4 is 22.4 Å². The minimum Gasteiger partial charge on any atom is -0.378 e. The van der Waals surface area contributed by atoms with Crippen LogP contribution in [0.2, 0.25) is 0 Å². The summed E-state index contributed by atoms with van der Waals surface area (Å²) in [7, 11) is -3.07. The minimum atomic E-state index is -3.07. The highest BCUT2D eigenvalue weighted by Crippen LogP contribution is 2.18. The standard InChI is InChI=1S/C13H28N2O3S.ClH/c1-12(2)6-11-19(16,17)15-8-4-13(5-9-15)18-10-3-7-14;/h12-13H,3-11,14H2,1-2H3;1H. The summed E-state index contributed by atoms with van der Waals surface area (Å²) in [5, 5.41) is 0. The summed E-state index contributed by atoms with van der Waals surface area (Å²) in [5.41, 5.74) is 5.41. The van der Waals surface area contributed by atoms with Gasteiger partial charge in [-0.05, 0) is 38.1 Å². The van der Waals surface area contributed by atoms with E-state index in [1.165, 1.54) is 0 Å². The monoisotopic (exact) mass is 328 g/mol. The van der Waals surface area contributed by atoms with Crippen molar-refractivity contribution in [3.63, 3.8) is 0 Å². The van der Waals surface area contributed by atoms with E-state index in [9.17, 15) is 8.42 Å². The molecule has 1 aliphatic rings. The van der Waals surface area contributed by atoms with E-state index in [1.54, 1.807) is 4.31 Å². The van der Waals surface area contributed by atoms with Crippen LogP contribution in [0.4, 0.5) is 0 Å². The van der Waals surface area contributed by atoms with Crippen molar-refractivity contribution in [3.8, 4) is 0 Å². The lowest BCUT2D eigenvalue weighted by molar-refractivity contribution is 0.0209. The molecule has 0 radical (unpaired) electrons. The molecule has 0 aliphatic carbocycles. The molecule has 2 N–H and O–H groups in total. The number of ether oxygens (including phenoxy) is 1. The van der Waals surface area contributed by atoms with Gasteiger partial charge in [-0.3, -0.25) is 0 Å². The molecule has 20 heavy (non-hydrogen) atoms. The Bertz CT molecular complexity index is 342. The quantitative estimate of drug-likeness (QED) is 0.687. The summed E-state index contributed by atoms with van der Waals surface area (Å²) in [6, 6.07) is 0. The molecule has 1 fully saturated rings. The highest BCUT2D eigenvalue weighted by Gasteiger charge is 2.27. The van der Waals surface area contributed by atoms with Crippen molar-refractivity contribution in [3.05, 3.63) is 0 Å². The number of nitrogens with two attached hydrogens (primary N) is 1. The first-order valence-corrected chi connectivity index (χ1v) is 8.86. The van der Waals surface area contributed by atoms with Crippen LogP contribution in [0.5, 0.6) is 0 Å². The Morgan fingerprint density at radius 2 is 1.90 bits per heavy atom. The van der Waals surface area contributed by atoms with Crippen LogP contribution in [0.1, 0.15) is 39.5 Å². The van der Waals surface area contributed by atoms with Gasteiger partial charge in [-0.25, -0.2) is 12.7 Å². The maximum atomic E-state index is 12.1. The van der Waals surface area contributed by atoms with Crippen molar-refractivity contribution in [2.24, 2.45) is 11.7 Å². The van der Waals surface area contributed by atoms with Crippen molar-refractivity contribution in [2.75, 3.05) is 32.0 Å². The molecule has 0 aromatic heterocycles. The summed E-state index contributed by atoms with van der Waals surface area (Å²) in [4.78, 5) is 0. The van der Waals surface area contributed by atoms with Crippen molar-refractivity contribution in [1.29, 1.82) is 0 Å². The molecular formula is C13H29ClN2O3S. The maximum absolute atomic E-state index is 12.1. The zero-order valence-corrected chi connectivity index (χ0v) is 14.2. The first-order chi connectivity index (χ1) is 8.95. The lowest BCUT2D eigenvalue weighted by Gasteiger charge is -2.31. The highest BCUT2D eigenvalue weighted by atomic mass is 35.5. The lowest BCUT2D eigenvalue weighted by Crippen LogP contribution is -2.42. The van der Waals surface area contributed by atoms with Crippen LogP contribution in [0.15, 0.2) is 0 Å². The maximum Gasteiger partial charge on any atom is 0.214 e. The summed E-state index contributed by atoms with van der Waals surface area (Å²) >= 11 is 0. The van der Waals surface area contributed by atoms with E-state index in [1.807, 2.05) is 13.8 Å². The van der Waals surface area contributed by atoms with Crippen LogP contribution < -0.4 is 5.73 Å². The fourth-order valence-electron chi connectivity index (χ4n) is 2.12. The average molecular weight is 329 g/mol. The van der Waals surface area contributed by atoms with Gasteiger partial charge in [0, 0.05) is 19.7 Å². The first-order valence-electron chi connectivity index (χ1n) is 7.25. The minimum absolute atomic E-state index is 0. The Morgan fingerprint density at radius 1 is 1.30 bits per heavy atom. The third-order valence-corrected chi connectivity index (χ3v) is 5.35. The molecule has 0 aromatic carbocycles. The lowest BCUT2D eigenvalue weighted by atomic mass is 10.1. The molecule has 1 aliphatic heterocycles. The smallest absolute Gasteiger partial charge is 0.214 e. The van der Waals surface area contributed by atoms with E-state index in [2.05, 4.69) is 0 Å². The van der Waals surface area contributed by atoms with E-state index < -0.39 is 10.0 Å². The molecule has 0 spiro atoms. The predicted octanol–water partition coefficient (Wildman–Crippen LogP) is 1.61. The highest BCUT2D eigenvalue weighted by molar-refractivity contribution is 7.89. The van der Waals surface area contributed by atoms with Crippen molar-refractivity contribution < 1.29 is 13.2 Å². The van der Waals surface area contributed by atoms with E-state index in [4.69, 9.17) is 10.5 Å². The molecule has 1 heterocycles. The van der Waals surface area contributed by atoms with E-state index >= 15 is 0 Å². The molecule has 0 atom stereocenters. The third-order valence-electron chi connectivity index (χ3n) is 3.45. The second-order valence-electron chi connectivity index (χ2n) is 5.61. The largest absolute Gasteiger partial charge is 0.378 e. The fourth-order valence-corrected chi connectivity index (χ4v) is 3.92. The Balaban J connectivity index is 0.00000361. The number of sulfonamides is 1. The zero-order chi connectivity index (χ0) is 14.3. The molecule has 0 aromatic rings. The van der Waals surface area contributed by atoms with Crippen LogP contribution in [-0.4, -0.2) is 50.8 Å². The van der Waals surface area contributed by atoms with E-state index in [-0.39, 0.29) is 24.3 Å². The Hall–Kier alpha value is 0.120. The van der Waals surface area contributed by atoms with Crippen LogP contribution in [-0.2, 0) is 14.8 Å². The molecule has 7 heteroatoms. The number of hydrogen-bond acceptors (Lipinski definition) is 4. The Kier molecular flexibility index (Phi) is 10.0. The first kappa shape index (κ1) is 20.1. The summed E-state index contributed by atoms with van der Waals surface area (Å²) < 4.78 is 31.6. The molecule has 0 unspecified atom stereocenters. The molecule has 1 rings (SSSR count). The van der Waals surface area contributed by atoms with Gasteiger partial charge in [0.2, 0.25) is 10.0 Å². The summed E-state index contributed by atoms with van der Waals surface area (Å²) in [6.07, 6.45) is 3.39. The van der Waals surface area contributed by atoms with Crippen molar-refractivity contribution in [1.82, 2.24) is 4.31 Å². The number of nitrogens with zero attached hydrogens (tertiary/aromatic N) is 1. The normalized spacial score (nSPS) is 18.2. The number of hydrogen-bond donors (Lipinski definition) is 1. The van der Waals surface area contributed by atoms with Gasteiger partial charge < -0.3 is 10.5 Å². The van der Waals surface area contributed by atoms with Crippen molar-refractivity contribution in [2.45, 2.75) is 45.6 Å². The predicted molar refractivity (Wildman–Crippen MR) is 84.7 cm³/mol. The van der Waals surface area contributed by atoms with Gasteiger partial charge in [0.15, 0.2) is 0 Å².